The molecule has 0 radical (unpaired) electrons. The molecule has 2 atom stereocenters. The summed E-state index contributed by atoms with van der Waals surface area (Å²) in [5.74, 6) is 0. The third-order valence-corrected chi connectivity index (χ3v) is 2.98. The van der Waals surface area contributed by atoms with Gasteiger partial charge in [0.25, 0.3) is 0 Å². The normalized spacial score (nSPS) is 7.43. The molecule has 0 aliphatic heterocycles. The first-order chi connectivity index (χ1) is 8.49. The van der Waals surface area contributed by atoms with Crippen LogP contribution in [0.4, 0.5) is 0 Å². The van der Waals surface area contributed by atoms with E-state index in [2.05, 4.69) is 18.5 Å². The number of halogens is 2. The van der Waals surface area contributed by atoms with Gasteiger partial charge in [-0.05, 0) is 0 Å². The maximum atomic E-state index is 8.27. The summed E-state index contributed by atoms with van der Waals surface area (Å²) < 4.78 is 0. The zero-order valence-corrected chi connectivity index (χ0v) is 16.8. The molecule has 112 valence electrons. The summed E-state index contributed by atoms with van der Waals surface area (Å²) >= 11 is 0. The van der Waals surface area contributed by atoms with Gasteiger partial charge in [0.1, 0.15) is 36.4 Å². The fourth-order valence-electron chi connectivity index (χ4n) is 0.424. The van der Waals surface area contributed by atoms with Crippen LogP contribution in [0.15, 0.2) is 0 Å². The van der Waals surface area contributed by atoms with Crippen molar-refractivity contribution < 1.29 is 50.5 Å². The molecule has 0 aromatic heterocycles. The molecular formula is C10H8Br2N6NiP2. The Morgan fingerprint density at radius 2 is 0.714 bits per heavy atom. The van der Waals surface area contributed by atoms with E-state index < -0.39 is 10.8 Å². The molecule has 0 aromatic carbocycles. The fraction of sp³-hybridized carbons (Fsp3) is 0.400. The molecule has 11 heteroatoms. The number of hydrogen-bond acceptors (Lipinski definition) is 6. The van der Waals surface area contributed by atoms with E-state index in [1.807, 2.05) is 0 Å². The van der Waals surface area contributed by atoms with Gasteiger partial charge in [-0.1, -0.05) is 0 Å². The molecule has 0 aromatic rings. The van der Waals surface area contributed by atoms with Crippen LogP contribution < -0.4 is 34.0 Å². The van der Waals surface area contributed by atoms with Crippen molar-refractivity contribution in [2.75, 3.05) is 12.3 Å². The predicted molar refractivity (Wildman–Crippen MR) is 67.7 cm³/mol. The van der Waals surface area contributed by atoms with Crippen LogP contribution in [0.3, 0.4) is 0 Å². The van der Waals surface area contributed by atoms with Crippen molar-refractivity contribution in [2.24, 2.45) is 10.8 Å². The van der Waals surface area contributed by atoms with Crippen molar-refractivity contribution in [3.05, 3.63) is 0 Å². The average molecular weight is 493 g/mol. The second kappa shape index (κ2) is 17.3. The van der Waals surface area contributed by atoms with Gasteiger partial charge >= 0.3 is 16.5 Å². The maximum absolute atomic E-state index is 8.27. The second-order valence-electron chi connectivity index (χ2n) is 2.89. The molecule has 0 rings (SSSR count). The van der Waals surface area contributed by atoms with Crippen LogP contribution >= 0.6 is 18.5 Å². The van der Waals surface area contributed by atoms with Crippen LogP contribution in [0, 0.1) is 78.8 Å². The van der Waals surface area contributed by atoms with Crippen molar-refractivity contribution in [2.45, 2.75) is 0 Å². The van der Waals surface area contributed by atoms with Gasteiger partial charge in [-0.3, -0.25) is 0 Å². The van der Waals surface area contributed by atoms with Gasteiger partial charge in [0, 0.05) is 12.3 Å². The first-order valence-electron chi connectivity index (χ1n) is 4.37. The summed E-state index contributed by atoms with van der Waals surface area (Å²) in [5, 5.41) is 49.6. The van der Waals surface area contributed by atoms with E-state index in [4.69, 9.17) is 31.6 Å². The standard InChI is InChI=1S/2C5H4N3P.2BrH.Ni/c2*6-1-5(2-7,3-8)4-9;;;/h2*4,9H2;2*1H;/q;;;;+2/p-2. The molecule has 21 heavy (non-hydrogen) atoms. The third-order valence-electron chi connectivity index (χ3n) is 1.76. The van der Waals surface area contributed by atoms with Crippen LogP contribution in [0.2, 0.25) is 0 Å². The Kier molecular flexibility index (Phi) is 26.6. The van der Waals surface area contributed by atoms with E-state index >= 15 is 0 Å². The molecule has 2 unspecified atom stereocenters. The van der Waals surface area contributed by atoms with Crippen molar-refractivity contribution in [3.63, 3.8) is 0 Å². The van der Waals surface area contributed by atoms with Crippen molar-refractivity contribution in [3.8, 4) is 36.4 Å². The van der Waals surface area contributed by atoms with Crippen LogP contribution in [0.1, 0.15) is 0 Å². The van der Waals surface area contributed by atoms with Gasteiger partial charge < -0.3 is 34.0 Å². The molecule has 0 fully saturated rings. The third kappa shape index (κ3) is 10.6. The predicted octanol–water partition coefficient (Wildman–Crippen LogP) is -5.16. The molecule has 0 spiro atoms. The van der Waals surface area contributed by atoms with Gasteiger partial charge in [0.05, 0.1) is 0 Å². The Labute approximate surface area is 159 Å². The Morgan fingerprint density at radius 1 is 0.571 bits per heavy atom. The molecule has 0 amide bonds. The summed E-state index contributed by atoms with van der Waals surface area (Å²) in [6.45, 7) is 0. The van der Waals surface area contributed by atoms with Crippen LogP contribution in [0.25, 0.3) is 0 Å². The van der Waals surface area contributed by atoms with Gasteiger partial charge in [-0.15, -0.1) is 18.5 Å². The van der Waals surface area contributed by atoms with Crippen molar-refractivity contribution in [1.29, 1.82) is 31.6 Å². The maximum Gasteiger partial charge on any atom is 2.00 e. The SMILES string of the molecule is N#CC(C#N)(C#N)CP.N#CC(C#N)(C#N)CP.[Br-].[Br-].[Ni+2]. The zero-order chi connectivity index (χ0) is 14.7. The number of rotatable bonds is 2. The van der Waals surface area contributed by atoms with E-state index in [-0.39, 0.29) is 62.8 Å². The van der Waals surface area contributed by atoms with Crippen molar-refractivity contribution in [1.82, 2.24) is 0 Å². The Balaban J connectivity index is -0.0000000711. The summed E-state index contributed by atoms with van der Waals surface area (Å²) in [5.41, 5.74) is -2.91. The summed E-state index contributed by atoms with van der Waals surface area (Å²) in [4.78, 5) is 0. The first kappa shape index (κ1) is 32.3. The molecule has 0 aliphatic carbocycles. The number of nitriles is 6. The smallest absolute Gasteiger partial charge is 1.00 e. The summed E-state index contributed by atoms with van der Waals surface area (Å²) in [6.07, 6.45) is 0.354. The Bertz CT molecular complexity index is 421. The van der Waals surface area contributed by atoms with E-state index in [1.54, 1.807) is 36.4 Å². The topological polar surface area (TPSA) is 143 Å². The molecule has 0 N–H and O–H groups in total. The number of nitrogens with zero attached hydrogens (tertiary/aromatic N) is 6. The van der Waals surface area contributed by atoms with Crippen LogP contribution in [0.5, 0.6) is 0 Å². The van der Waals surface area contributed by atoms with Gasteiger partial charge in [0.15, 0.2) is 0 Å². The minimum atomic E-state index is -1.45. The van der Waals surface area contributed by atoms with Crippen LogP contribution in [-0.4, -0.2) is 12.3 Å². The number of hydrogen-bond donors (Lipinski definition) is 0. The van der Waals surface area contributed by atoms with Gasteiger partial charge in [0.2, 0.25) is 10.8 Å². The van der Waals surface area contributed by atoms with Crippen molar-refractivity contribution >= 4 is 18.5 Å². The molecule has 0 aliphatic rings. The fourth-order valence-corrected chi connectivity index (χ4v) is 0.972. The Hall–Kier alpha value is -0.746. The molecule has 6 nitrogen and oxygen atoms in total. The second-order valence-corrected chi connectivity index (χ2v) is 3.71. The van der Waals surface area contributed by atoms with E-state index in [0.29, 0.717) is 0 Å². The summed E-state index contributed by atoms with van der Waals surface area (Å²) in [6, 6.07) is 9.73. The molecule has 0 saturated carbocycles. The quantitative estimate of drug-likeness (QED) is 0.279. The van der Waals surface area contributed by atoms with Crippen LogP contribution in [-0.2, 0) is 16.5 Å². The van der Waals surface area contributed by atoms with Gasteiger partial charge in [-0.2, -0.15) is 31.6 Å². The van der Waals surface area contributed by atoms with E-state index in [1.165, 1.54) is 0 Å². The largest absolute Gasteiger partial charge is 2.00 e. The minimum absolute atomic E-state index is 0. The molecule has 0 saturated heterocycles. The molecule has 0 heterocycles. The average Bonchev–Trinajstić information content (AvgIpc) is 2.46. The molecule has 0 bridgehead atoms. The summed E-state index contributed by atoms with van der Waals surface area (Å²) in [7, 11) is 4.38. The Morgan fingerprint density at radius 3 is 0.714 bits per heavy atom. The monoisotopic (exact) mass is 490 g/mol. The first-order valence-corrected chi connectivity index (χ1v) is 6.00. The van der Waals surface area contributed by atoms with E-state index in [0.717, 1.165) is 0 Å². The minimum Gasteiger partial charge on any atom is -1.00 e. The van der Waals surface area contributed by atoms with Gasteiger partial charge in [-0.25, -0.2) is 0 Å². The zero-order valence-electron chi connectivity index (χ0n) is 10.3. The molecular weight excluding hydrogens is 485 g/mol. The van der Waals surface area contributed by atoms with E-state index in [9.17, 15) is 0 Å².